The van der Waals surface area contributed by atoms with Gasteiger partial charge in [-0.05, 0) is 32.3 Å². The summed E-state index contributed by atoms with van der Waals surface area (Å²) < 4.78 is 9.65. The fourth-order valence-corrected chi connectivity index (χ4v) is 2.08. The number of nitrogens with zero attached hydrogens (tertiary/aromatic N) is 1. The summed E-state index contributed by atoms with van der Waals surface area (Å²) in [5.74, 6) is -1.04. The summed E-state index contributed by atoms with van der Waals surface area (Å²) in [7, 11) is 0. The number of benzene rings is 1. The minimum Gasteiger partial charge on any atom is -0.450 e. The van der Waals surface area contributed by atoms with E-state index in [9.17, 15) is 9.59 Å². The summed E-state index contributed by atoms with van der Waals surface area (Å²) in [4.78, 5) is 23.4. The zero-order valence-electron chi connectivity index (χ0n) is 13.2. The molecule has 0 aliphatic carbocycles. The van der Waals surface area contributed by atoms with E-state index in [-0.39, 0.29) is 24.3 Å². The van der Waals surface area contributed by atoms with Crippen LogP contribution >= 0.6 is 0 Å². The number of nitrogens with one attached hydrogen (secondary N) is 1. The highest BCUT2D eigenvalue weighted by Gasteiger charge is 2.15. The van der Waals surface area contributed by atoms with Gasteiger partial charge < -0.3 is 14.6 Å². The smallest absolute Gasteiger partial charge is 0.377 e. The number of rotatable bonds is 7. The van der Waals surface area contributed by atoms with Crippen molar-refractivity contribution in [2.24, 2.45) is 0 Å². The summed E-state index contributed by atoms with van der Waals surface area (Å²) in [6, 6.07) is 11.5. The molecule has 0 radical (unpaired) electrons. The van der Waals surface area contributed by atoms with Gasteiger partial charge in [-0.15, -0.1) is 0 Å². The van der Waals surface area contributed by atoms with E-state index in [4.69, 9.17) is 9.26 Å². The highest BCUT2D eigenvalue weighted by Crippen LogP contribution is 2.05. The number of hydrogen-bond donors (Lipinski definition) is 1. The zero-order valence-corrected chi connectivity index (χ0v) is 13.2. The first-order valence-electron chi connectivity index (χ1n) is 7.48. The topological polar surface area (TPSA) is 81.4 Å². The maximum absolute atomic E-state index is 11.8. The van der Waals surface area contributed by atoms with Gasteiger partial charge >= 0.3 is 5.97 Å². The van der Waals surface area contributed by atoms with Crippen LogP contribution in [-0.4, -0.2) is 29.7 Å². The van der Waals surface area contributed by atoms with E-state index in [0.29, 0.717) is 5.69 Å². The molecular weight excluding hydrogens is 296 g/mol. The molecule has 0 aliphatic rings. The Balaban J connectivity index is 1.68. The van der Waals surface area contributed by atoms with Gasteiger partial charge in [-0.3, -0.25) is 4.79 Å². The molecule has 0 aliphatic heterocycles. The molecule has 1 N–H and O–H groups in total. The average molecular weight is 316 g/mol. The van der Waals surface area contributed by atoms with Crippen LogP contribution in [0, 0.1) is 6.92 Å². The monoisotopic (exact) mass is 316 g/mol. The van der Waals surface area contributed by atoms with E-state index in [1.807, 2.05) is 25.1 Å². The lowest BCUT2D eigenvalue weighted by Crippen LogP contribution is -2.36. The van der Waals surface area contributed by atoms with E-state index < -0.39 is 5.97 Å². The lowest BCUT2D eigenvalue weighted by atomic mass is 10.1. The van der Waals surface area contributed by atoms with E-state index >= 15 is 0 Å². The van der Waals surface area contributed by atoms with Gasteiger partial charge in [-0.1, -0.05) is 35.5 Å². The second-order valence-corrected chi connectivity index (χ2v) is 5.40. The third-order valence-corrected chi connectivity index (χ3v) is 3.28. The Morgan fingerprint density at radius 2 is 2.04 bits per heavy atom. The van der Waals surface area contributed by atoms with Crippen molar-refractivity contribution in [2.75, 3.05) is 6.61 Å². The SMILES string of the molecule is Cc1cc(C(=O)OCC(=O)N[C@H](C)CCc2ccccc2)on1. The number of hydrogen-bond acceptors (Lipinski definition) is 5. The predicted octanol–water partition coefficient (Wildman–Crippen LogP) is 2.28. The molecule has 1 aromatic carbocycles. The van der Waals surface area contributed by atoms with E-state index in [1.54, 1.807) is 6.92 Å². The first-order chi connectivity index (χ1) is 11.0. The number of carbonyl (C=O) groups is 2. The molecule has 1 aromatic heterocycles. The minimum absolute atomic E-state index is 0.00562. The molecule has 1 amide bonds. The van der Waals surface area contributed by atoms with Crippen LogP contribution in [0.3, 0.4) is 0 Å². The standard InChI is InChI=1S/C17H20N2O4/c1-12(8-9-14-6-4-3-5-7-14)18-16(20)11-22-17(21)15-10-13(2)19-23-15/h3-7,10,12H,8-9,11H2,1-2H3,(H,18,20)/t12-/m1/s1. The average Bonchev–Trinajstić information content (AvgIpc) is 2.98. The molecule has 122 valence electrons. The van der Waals surface area contributed by atoms with E-state index in [1.165, 1.54) is 11.6 Å². The second-order valence-electron chi connectivity index (χ2n) is 5.40. The number of carbonyl (C=O) groups excluding carboxylic acids is 2. The Morgan fingerprint density at radius 3 is 2.70 bits per heavy atom. The highest BCUT2D eigenvalue weighted by atomic mass is 16.6. The maximum atomic E-state index is 11.8. The van der Waals surface area contributed by atoms with Crippen LogP contribution in [0.4, 0.5) is 0 Å². The first-order valence-corrected chi connectivity index (χ1v) is 7.48. The molecule has 0 fully saturated rings. The molecule has 0 bridgehead atoms. The van der Waals surface area contributed by atoms with Crippen molar-refractivity contribution in [1.29, 1.82) is 0 Å². The Hall–Kier alpha value is -2.63. The molecule has 0 saturated heterocycles. The van der Waals surface area contributed by atoms with Crippen molar-refractivity contribution in [3.8, 4) is 0 Å². The highest BCUT2D eigenvalue weighted by molar-refractivity contribution is 5.88. The second kappa shape index (κ2) is 8.12. The number of ether oxygens (including phenoxy) is 1. The molecule has 0 unspecified atom stereocenters. The number of esters is 1. The van der Waals surface area contributed by atoms with E-state index in [0.717, 1.165) is 12.8 Å². The molecule has 2 rings (SSSR count). The van der Waals surface area contributed by atoms with Crippen molar-refractivity contribution >= 4 is 11.9 Å². The quantitative estimate of drug-likeness (QED) is 0.793. The molecule has 23 heavy (non-hydrogen) atoms. The van der Waals surface area contributed by atoms with Crippen LogP contribution < -0.4 is 5.32 Å². The Kier molecular flexibility index (Phi) is 5.91. The Bertz CT molecular complexity index is 652. The fraction of sp³-hybridized carbons (Fsp3) is 0.353. The van der Waals surface area contributed by atoms with Crippen LogP contribution in [0.1, 0.15) is 35.2 Å². The van der Waals surface area contributed by atoms with Crippen LogP contribution in [0.15, 0.2) is 40.9 Å². The molecular formula is C17H20N2O4. The Labute approximate surface area is 134 Å². The van der Waals surface area contributed by atoms with Crippen molar-refractivity contribution in [2.45, 2.75) is 32.7 Å². The zero-order chi connectivity index (χ0) is 16.7. The van der Waals surface area contributed by atoms with Gasteiger partial charge in [0.25, 0.3) is 5.91 Å². The van der Waals surface area contributed by atoms with Gasteiger partial charge in [0, 0.05) is 12.1 Å². The molecule has 6 heteroatoms. The Morgan fingerprint density at radius 1 is 1.30 bits per heavy atom. The maximum Gasteiger partial charge on any atom is 0.377 e. The van der Waals surface area contributed by atoms with Gasteiger partial charge in [0.05, 0.1) is 5.69 Å². The lowest BCUT2D eigenvalue weighted by Gasteiger charge is -2.13. The van der Waals surface area contributed by atoms with Crippen LogP contribution in [0.5, 0.6) is 0 Å². The van der Waals surface area contributed by atoms with Crippen molar-refractivity contribution in [3.63, 3.8) is 0 Å². The van der Waals surface area contributed by atoms with Crippen LogP contribution in [0.2, 0.25) is 0 Å². The summed E-state index contributed by atoms with van der Waals surface area (Å²) in [6.07, 6.45) is 1.68. The van der Waals surface area contributed by atoms with Gasteiger partial charge in [0.15, 0.2) is 6.61 Å². The van der Waals surface area contributed by atoms with Crippen LogP contribution in [-0.2, 0) is 16.0 Å². The van der Waals surface area contributed by atoms with Crippen LogP contribution in [0.25, 0.3) is 0 Å². The molecule has 2 aromatic rings. The van der Waals surface area contributed by atoms with E-state index in [2.05, 4.69) is 22.6 Å². The molecule has 0 saturated carbocycles. The predicted molar refractivity (Wildman–Crippen MR) is 83.9 cm³/mol. The first kappa shape index (κ1) is 16.7. The van der Waals surface area contributed by atoms with Gasteiger partial charge in [0.2, 0.25) is 5.76 Å². The summed E-state index contributed by atoms with van der Waals surface area (Å²) >= 11 is 0. The van der Waals surface area contributed by atoms with Gasteiger partial charge in [0.1, 0.15) is 0 Å². The summed E-state index contributed by atoms with van der Waals surface area (Å²) in [6.45, 7) is 3.28. The largest absolute Gasteiger partial charge is 0.450 e. The summed E-state index contributed by atoms with van der Waals surface area (Å²) in [5.41, 5.74) is 1.80. The van der Waals surface area contributed by atoms with Gasteiger partial charge in [-0.25, -0.2) is 4.79 Å². The summed E-state index contributed by atoms with van der Waals surface area (Å²) in [5, 5.41) is 6.39. The molecule has 6 nitrogen and oxygen atoms in total. The molecule has 1 atom stereocenters. The number of aryl methyl sites for hydroxylation is 2. The molecule has 1 heterocycles. The number of amides is 1. The molecule has 0 spiro atoms. The third-order valence-electron chi connectivity index (χ3n) is 3.28. The third kappa shape index (κ3) is 5.58. The van der Waals surface area contributed by atoms with Gasteiger partial charge in [-0.2, -0.15) is 0 Å². The minimum atomic E-state index is -0.697. The normalized spacial score (nSPS) is 11.7. The lowest BCUT2D eigenvalue weighted by molar-refractivity contribution is -0.124. The van der Waals surface area contributed by atoms with Crippen molar-refractivity contribution < 1.29 is 18.8 Å². The fourth-order valence-electron chi connectivity index (χ4n) is 2.08. The van der Waals surface area contributed by atoms with Crippen molar-refractivity contribution in [1.82, 2.24) is 10.5 Å². The van der Waals surface area contributed by atoms with Crippen molar-refractivity contribution in [3.05, 3.63) is 53.4 Å². The number of aromatic nitrogens is 1.